The first-order valence-electron chi connectivity index (χ1n) is 9.46. The van der Waals surface area contributed by atoms with Gasteiger partial charge in [0.25, 0.3) is 0 Å². The molecule has 0 aliphatic carbocycles. The number of thioether (sulfide) groups is 1. The number of carbonyl (C=O) groups is 3. The molecule has 2 amide bonds. The Labute approximate surface area is 180 Å². The van der Waals surface area contributed by atoms with Gasteiger partial charge in [-0.25, -0.2) is 9.59 Å². The molecule has 2 unspecified atom stereocenters. The highest BCUT2D eigenvalue weighted by Gasteiger charge is 2.25. The number of hydrogen-bond acceptors (Lipinski definition) is 6. The summed E-state index contributed by atoms with van der Waals surface area (Å²) in [5.74, 6) is 0.00704. The lowest BCUT2D eigenvalue weighted by atomic mass is 10.2. The molecule has 0 aromatic heterocycles. The van der Waals surface area contributed by atoms with Gasteiger partial charge in [-0.3, -0.25) is 4.79 Å². The van der Waals surface area contributed by atoms with Crippen molar-refractivity contribution in [1.29, 1.82) is 0 Å². The lowest BCUT2D eigenvalue weighted by Gasteiger charge is -2.19. The summed E-state index contributed by atoms with van der Waals surface area (Å²) in [6, 6.07) is 17.3. The molecule has 0 bridgehead atoms. The van der Waals surface area contributed by atoms with Crippen LogP contribution in [0, 0.1) is 0 Å². The van der Waals surface area contributed by atoms with Crippen LogP contribution in [0.15, 0.2) is 60.7 Å². The molecule has 0 fully saturated rings. The van der Waals surface area contributed by atoms with E-state index in [-0.39, 0.29) is 6.61 Å². The van der Waals surface area contributed by atoms with E-state index in [0.717, 1.165) is 11.1 Å². The molecule has 2 atom stereocenters. The van der Waals surface area contributed by atoms with Gasteiger partial charge in [0.1, 0.15) is 18.7 Å². The third-order valence-electron chi connectivity index (χ3n) is 4.14. The van der Waals surface area contributed by atoms with Crippen LogP contribution in [-0.4, -0.2) is 42.9 Å². The van der Waals surface area contributed by atoms with Crippen molar-refractivity contribution in [2.24, 2.45) is 0 Å². The molecular weight excluding hydrogens is 404 g/mol. The fourth-order valence-electron chi connectivity index (χ4n) is 2.48. The topological polar surface area (TPSA) is 93.7 Å². The first kappa shape index (κ1) is 23.3. The van der Waals surface area contributed by atoms with E-state index in [9.17, 15) is 14.4 Å². The number of carbonyl (C=O) groups excluding carboxylic acids is 3. The Morgan fingerprint density at radius 1 is 0.933 bits per heavy atom. The van der Waals surface area contributed by atoms with Gasteiger partial charge >= 0.3 is 12.1 Å². The fraction of sp³-hybridized carbons (Fsp3) is 0.318. The van der Waals surface area contributed by atoms with Crippen molar-refractivity contribution in [3.63, 3.8) is 0 Å². The Morgan fingerprint density at radius 3 is 2.13 bits per heavy atom. The first-order chi connectivity index (χ1) is 14.5. The lowest BCUT2D eigenvalue weighted by molar-refractivity contribution is -0.144. The van der Waals surface area contributed by atoms with Crippen molar-refractivity contribution in [3.8, 4) is 0 Å². The molecule has 160 valence electrons. The normalized spacial score (nSPS) is 12.3. The number of esters is 1. The predicted molar refractivity (Wildman–Crippen MR) is 116 cm³/mol. The van der Waals surface area contributed by atoms with E-state index in [2.05, 4.69) is 10.6 Å². The molecule has 0 saturated heterocycles. The van der Waals surface area contributed by atoms with Crippen molar-refractivity contribution in [1.82, 2.24) is 10.6 Å². The van der Waals surface area contributed by atoms with Crippen molar-refractivity contribution in [2.75, 3.05) is 12.9 Å². The van der Waals surface area contributed by atoms with Gasteiger partial charge in [-0.1, -0.05) is 60.7 Å². The number of nitrogens with one attached hydrogen (secondary N) is 2. The van der Waals surface area contributed by atoms with Crippen molar-refractivity contribution in [2.45, 2.75) is 31.4 Å². The minimum Gasteiger partial charge on any atom is -0.467 e. The molecule has 0 aliphatic rings. The summed E-state index contributed by atoms with van der Waals surface area (Å²) in [6.45, 7) is 1.62. The van der Waals surface area contributed by atoms with E-state index in [0.29, 0.717) is 11.5 Å². The summed E-state index contributed by atoms with van der Waals surface area (Å²) in [5, 5.41) is 5.09. The van der Waals surface area contributed by atoms with Gasteiger partial charge in [-0.15, -0.1) is 0 Å². The largest absolute Gasteiger partial charge is 0.467 e. The molecule has 0 spiro atoms. The van der Waals surface area contributed by atoms with Gasteiger partial charge in [0, 0.05) is 11.5 Å². The minimum absolute atomic E-state index is 0.0991. The third kappa shape index (κ3) is 8.16. The number of benzene rings is 2. The molecule has 8 heteroatoms. The Morgan fingerprint density at radius 2 is 1.53 bits per heavy atom. The summed E-state index contributed by atoms with van der Waals surface area (Å²) >= 11 is 1.50. The van der Waals surface area contributed by atoms with Gasteiger partial charge in [-0.2, -0.15) is 11.8 Å². The van der Waals surface area contributed by atoms with Crippen molar-refractivity contribution < 1.29 is 23.9 Å². The second-order valence-electron chi connectivity index (χ2n) is 6.51. The second kappa shape index (κ2) is 12.5. The quantitative estimate of drug-likeness (QED) is 0.563. The van der Waals surface area contributed by atoms with E-state index in [1.54, 1.807) is 0 Å². The zero-order chi connectivity index (χ0) is 21.8. The monoisotopic (exact) mass is 430 g/mol. The van der Waals surface area contributed by atoms with E-state index in [1.807, 2.05) is 60.7 Å². The molecule has 0 heterocycles. The molecule has 0 radical (unpaired) electrons. The van der Waals surface area contributed by atoms with E-state index < -0.39 is 30.1 Å². The first-order valence-corrected chi connectivity index (χ1v) is 10.6. The molecule has 2 N–H and O–H groups in total. The van der Waals surface area contributed by atoms with Crippen LogP contribution in [0.25, 0.3) is 0 Å². The summed E-state index contributed by atoms with van der Waals surface area (Å²) < 4.78 is 9.90. The standard InChI is InChI=1S/C22H26N2O5S/c1-16(23-22(27)29-13-17-9-5-3-6-10-17)20(25)24-19(21(26)28-2)15-30-14-18-11-7-4-8-12-18/h3-12,16,19H,13-15H2,1-2H3,(H,23,27)(H,24,25). The zero-order valence-electron chi connectivity index (χ0n) is 17.0. The Balaban J connectivity index is 1.79. The van der Waals surface area contributed by atoms with Gasteiger partial charge < -0.3 is 20.1 Å². The highest BCUT2D eigenvalue weighted by molar-refractivity contribution is 7.98. The van der Waals surface area contributed by atoms with Gasteiger partial charge in [-0.05, 0) is 18.1 Å². The molecular formula is C22H26N2O5S. The molecule has 2 rings (SSSR count). The summed E-state index contributed by atoms with van der Waals surface area (Å²) in [6.07, 6.45) is -0.713. The summed E-state index contributed by atoms with van der Waals surface area (Å²) in [5.41, 5.74) is 1.96. The number of alkyl carbamates (subject to hydrolysis) is 1. The molecule has 30 heavy (non-hydrogen) atoms. The molecule has 0 saturated carbocycles. The van der Waals surface area contributed by atoms with E-state index >= 15 is 0 Å². The van der Waals surface area contributed by atoms with E-state index in [1.165, 1.54) is 25.8 Å². The van der Waals surface area contributed by atoms with Crippen LogP contribution in [0.3, 0.4) is 0 Å². The van der Waals surface area contributed by atoms with Crippen LogP contribution in [0.1, 0.15) is 18.1 Å². The third-order valence-corrected chi connectivity index (χ3v) is 5.25. The highest BCUT2D eigenvalue weighted by Crippen LogP contribution is 2.13. The SMILES string of the molecule is COC(=O)C(CSCc1ccccc1)NC(=O)C(C)NC(=O)OCc1ccccc1. The molecule has 0 aliphatic heterocycles. The highest BCUT2D eigenvalue weighted by atomic mass is 32.2. The Bertz CT molecular complexity index is 817. The minimum atomic E-state index is -0.875. The van der Waals surface area contributed by atoms with Crippen LogP contribution in [0.4, 0.5) is 4.79 Å². The van der Waals surface area contributed by atoms with Crippen LogP contribution in [0.5, 0.6) is 0 Å². The number of hydrogen-bond donors (Lipinski definition) is 2. The van der Waals surface area contributed by atoms with E-state index in [4.69, 9.17) is 9.47 Å². The number of amides is 2. The zero-order valence-corrected chi connectivity index (χ0v) is 17.8. The van der Waals surface area contributed by atoms with Crippen molar-refractivity contribution >= 4 is 29.7 Å². The fourth-order valence-corrected chi connectivity index (χ4v) is 3.48. The summed E-state index contributed by atoms with van der Waals surface area (Å²) in [4.78, 5) is 36.4. The number of methoxy groups -OCH3 is 1. The van der Waals surface area contributed by atoms with Crippen LogP contribution in [0.2, 0.25) is 0 Å². The number of rotatable bonds is 10. The molecule has 7 nitrogen and oxygen atoms in total. The van der Waals surface area contributed by atoms with Gasteiger partial charge in [0.05, 0.1) is 7.11 Å². The second-order valence-corrected chi connectivity index (χ2v) is 7.54. The lowest BCUT2D eigenvalue weighted by Crippen LogP contribution is -2.51. The van der Waals surface area contributed by atoms with Crippen LogP contribution < -0.4 is 10.6 Å². The van der Waals surface area contributed by atoms with Crippen LogP contribution >= 0.6 is 11.8 Å². The van der Waals surface area contributed by atoms with Crippen molar-refractivity contribution in [3.05, 3.63) is 71.8 Å². The maximum atomic E-state index is 12.4. The summed E-state index contributed by atoms with van der Waals surface area (Å²) in [7, 11) is 1.27. The van der Waals surface area contributed by atoms with Gasteiger partial charge in [0.2, 0.25) is 5.91 Å². The predicted octanol–water partition coefficient (Wildman–Crippen LogP) is 2.89. The Kier molecular flexibility index (Phi) is 9.73. The van der Waals surface area contributed by atoms with Gasteiger partial charge in [0.15, 0.2) is 0 Å². The number of ether oxygens (including phenoxy) is 2. The average molecular weight is 431 g/mol. The Hall–Kier alpha value is -3.00. The smallest absolute Gasteiger partial charge is 0.408 e. The van der Waals surface area contributed by atoms with Crippen LogP contribution in [-0.2, 0) is 31.4 Å². The molecule has 2 aromatic carbocycles. The maximum absolute atomic E-state index is 12.4. The molecule has 2 aromatic rings. The maximum Gasteiger partial charge on any atom is 0.408 e. The average Bonchev–Trinajstić information content (AvgIpc) is 2.77.